The number of para-hydroxylation sites is 1. The first kappa shape index (κ1) is 10.7. The fourth-order valence-corrected chi connectivity index (χ4v) is 2.93. The number of amides is 1. The van der Waals surface area contributed by atoms with Crippen LogP contribution in [0, 0.1) is 0 Å². The molecule has 0 bridgehead atoms. The molecule has 3 rings (SSSR count). The fraction of sp³-hybridized carbons (Fsp3) is 0.462. The summed E-state index contributed by atoms with van der Waals surface area (Å²) in [5.74, 6) is 0.0538. The van der Waals surface area contributed by atoms with E-state index >= 15 is 0 Å². The van der Waals surface area contributed by atoms with Crippen molar-refractivity contribution in [1.82, 2.24) is 4.90 Å². The molecule has 1 amide bonds. The predicted octanol–water partition coefficient (Wildman–Crippen LogP) is 1.60. The summed E-state index contributed by atoms with van der Waals surface area (Å²) < 4.78 is 0. The van der Waals surface area contributed by atoms with E-state index in [2.05, 4.69) is 12.2 Å². The highest BCUT2D eigenvalue weighted by molar-refractivity contribution is 6.19. The van der Waals surface area contributed by atoms with Crippen molar-refractivity contribution >= 4 is 19.4 Å². The van der Waals surface area contributed by atoms with E-state index in [-0.39, 0.29) is 11.9 Å². The van der Waals surface area contributed by atoms with Gasteiger partial charge in [-0.3, -0.25) is 4.79 Å². The molecule has 17 heavy (non-hydrogen) atoms. The lowest BCUT2D eigenvalue weighted by Crippen LogP contribution is -2.52. The monoisotopic (exact) mass is 226 g/mol. The van der Waals surface area contributed by atoms with Gasteiger partial charge in [-0.2, -0.15) is 0 Å². The van der Waals surface area contributed by atoms with Crippen LogP contribution >= 0.6 is 0 Å². The van der Waals surface area contributed by atoms with E-state index in [1.807, 2.05) is 29.2 Å². The number of hydrogen-bond donors (Lipinski definition) is 1. The Kier molecular flexibility index (Phi) is 2.22. The summed E-state index contributed by atoms with van der Waals surface area (Å²) in [5, 5.41) is 3.30. The van der Waals surface area contributed by atoms with Gasteiger partial charge in [0, 0.05) is 23.7 Å². The van der Waals surface area contributed by atoms with Crippen LogP contribution in [0.5, 0.6) is 0 Å². The Bertz CT molecular complexity index is 476. The Labute approximate surface area is 103 Å². The van der Waals surface area contributed by atoms with Crippen LogP contribution in [0.15, 0.2) is 24.3 Å². The van der Waals surface area contributed by atoms with Gasteiger partial charge in [0.05, 0.1) is 5.56 Å². The van der Waals surface area contributed by atoms with Gasteiger partial charge < -0.3 is 10.2 Å². The molecule has 2 heterocycles. The van der Waals surface area contributed by atoms with Gasteiger partial charge in [-0.05, 0) is 31.9 Å². The lowest BCUT2D eigenvalue weighted by molar-refractivity contribution is 0.0658. The van der Waals surface area contributed by atoms with Gasteiger partial charge in [0.25, 0.3) is 5.91 Å². The van der Waals surface area contributed by atoms with Crippen LogP contribution < -0.4 is 5.32 Å². The summed E-state index contributed by atoms with van der Waals surface area (Å²) in [7, 11) is 6.37. The van der Waals surface area contributed by atoms with Gasteiger partial charge in [-0.1, -0.05) is 12.1 Å². The zero-order valence-corrected chi connectivity index (χ0v) is 9.94. The van der Waals surface area contributed by atoms with Gasteiger partial charge in [0.15, 0.2) is 0 Å². The lowest BCUT2D eigenvalue weighted by atomic mass is 9.75. The zero-order chi connectivity index (χ0) is 12.0. The van der Waals surface area contributed by atoms with Crippen molar-refractivity contribution in [2.24, 2.45) is 0 Å². The van der Waals surface area contributed by atoms with E-state index in [4.69, 9.17) is 7.85 Å². The predicted molar refractivity (Wildman–Crippen MR) is 68.3 cm³/mol. The Morgan fingerprint density at radius 1 is 1.47 bits per heavy atom. The molecular formula is C13H15BN2O. The number of fused-ring (bicyclic) bond motifs is 2. The molecule has 1 fully saturated rings. The third-order valence-corrected chi connectivity index (χ3v) is 3.88. The molecule has 2 aliphatic heterocycles. The van der Waals surface area contributed by atoms with E-state index < -0.39 is 5.44 Å². The van der Waals surface area contributed by atoms with Crippen molar-refractivity contribution in [3.63, 3.8) is 0 Å². The average Bonchev–Trinajstić information content (AvgIpc) is 2.57. The second kappa shape index (κ2) is 3.52. The summed E-state index contributed by atoms with van der Waals surface area (Å²) >= 11 is 0. The van der Waals surface area contributed by atoms with Crippen LogP contribution in [-0.2, 0) is 0 Å². The first-order chi connectivity index (χ1) is 8.12. The SMILES string of the molecule is [B]C12CCC(C)N1C(=O)c1ccccc1NC2. The number of benzene rings is 1. The molecule has 0 aromatic heterocycles. The Hall–Kier alpha value is -1.45. The van der Waals surface area contributed by atoms with E-state index in [1.54, 1.807) is 0 Å². The summed E-state index contributed by atoms with van der Waals surface area (Å²) in [5.41, 5.74) is 1.09. The number of nitrogens with zero attached hydrogens (tertiary/aromatic N) is 1. The van der Waals surface area contributed by atoms with Crippen LogP contribution in [0.4, 0.5) is 5.69 Å². The van der Waals surface area contributed by atoms with Crippen LogP contribution in [0.2, 0.25) is 0 Å². The molecule has 2 unspecified atom stereocenters. The minimum absolute atomic E-state index is 0.0538. The minimum Gasteiger partial charge on any atom is -0.383 e. The molecule has 3 nitrogen and oxygen atoms in total. The summed E-state index contributed by atoms with van der Waals surface area (Å²) in [6.45, 7) is 2.69. The van der Waals surface area contributed by atoms with Gasteiger partial charge in [0.2, 0.25) is 0 Å². The molecule has 1 N–H and O–H groups in total. The molecule has 1 aromatic rings. The highest BCUT2D eigenvalue weighted by Crippen LogP contribution is 2.36. The molecule has 2 atom stereocenters. The van der Waals surface area contributed by atoms with Crippen molar-refractivity contribution < 1.29 is 4.79 Å². The van der Waals surface area contributed by atoms with E-state index in [1.165, 1.54) is 0 Å². The number of carbonyl (C=O) groups excluding carboxylic acids is 1. The maximum absolute atomic E-state index is 12.5. The van der Waals surface area contributed by atoms with Gasteiger partial charge >= 0.3 is 0 Å². The average molecular weight is 226 g/mol. The Morgan fingerprint density at radius 3 is 3.06 bits per heavy atom. The maximum atomic E-state index is 12.5. The molecule has 2 radical (unpaired) electrons. The van der Waals surface area contributed by atoms with E-state index in [0.717, 1.165) is 24.1 Å². The van der Waals surface area contributed by atoms with Gasteiger partial charge in [-0.15, -0.1) is 0 Å². The third kappa shape index (κ3) is 1.47. The zero-order valence-electron chi connectivity index (χ0n) is 9.94. The largest absolute Gasteiger partial charge is 0.383 e. The summed E-state index contributed by atoms with van der Waals surface area (Å²) in [4.78, 5) is 14.4. The standard InChI is InChI=1S/C13H15BN2O/c1-9-6-7-13(14)8-15-11-5-3-2-4-10(11)12(17)16(9)13/h2-5,9,15H,6-8H2,1H3. The quantitative estimate of drug-likeness (QED) is 0.681. The number of carbonyl (C=O) groups is 1. The Morgan fingerprint density at radius 2 is 2.24 bits per heavy atom. The molecule has 0 aliphatic carbocycles. The third-order valence-electron chi connectivity index (χ3n) is 3.88. The van der Waals surface area contributed by atoms with Crippen LogP contribution in [0.3, 0.4) is 0 Å². The minimum atomic E-state index is -0.532. The summed E-state index contributed by atoms with van der Waals surface area (Å²) in [6, 6.07) is 7.84. The lowest BCUT2D eigenvalue weighted by Gasteiger charge is -2.36. The molecule has 1 aromatic carbocycles. The van der Waals surface area contributed by atoms with E-state index in [0.29, 0.717) is 6.54 Å². The first-order valence-corrected chi connectivity index (χ1v) is 6.07. The normalized spacial score (nSPS) is 31.5. The highest BCUT2D eigenvalue weighted by atomic mass is 16.2. The van der Waals surface area contributed by atoms with Gasteiger partial charge in [-0.25, -0.2) is 0 Å². The molecule has 0 saturated carbocycles. The van der Waals surface area contributed by atoms with Crippen LogP contribution in [-0.4, -0.2) is 36.7 Å². The second-order valence-electron chi connectivity index (χ2n) is 5.07. The highest BCUT2D eigenvalue weighted by Gasteiger charge is 2.45. The van der Waals surface area contributed by atoms with Crippen LogP contribution in [0.1, 0.15) is 30.1 Å². The number of nitrogens with one attached hydrogen (secondary N) is 1. The smallest absolute Gasteiger partial charge is 0.256 e. The molecule has 1 saturated heterocycles. The molecule has 0 spiro atoms. The number of anilines is 1. The number of rotatable bonds is 0. The molecule has 2 aliphatic rings. The topological polar surface area (TPSA) is 32.3 Å². The Balaban J connectivity index is 2.10. The second-order valence-corrected chi connectivity index (χ2v) is 5.07. The van der Waals surface area contributed by atoms with Crippen molar-refractivity contribution in [2.45, 2.75) is 31.2 Å². The van der Waals surface area contributed by atoms with Crippen molar-refractivity contribution in [1.29, 1.82) is 0 Å². The van der Waals surface area contributed by atoms with Crippen LogP contribution in [0.25, 0.3) is 0 Å². The van der Waals surface area contributed by atoms with Crippen molar-refractivity contribution in [2.75, 3.05) is 11.9 Å². The van der Waals surface area contributed by atoms with E-state index in [9.17, 15) is 4.79 Å². The summed E-state index contributed by atoms with van der Waals surface area (Å²) in [6.07, 6.45) is 1.84. The van der Waals surface area contributed by atoms with Crippen molar-refractivity contribution in [3.05, 3.63) is 29.8 Å². The maximum Gasteiger partial charge on any atom is 0.256 e. The van der Waals surface area contributed by atoms with Gasteiger partial charge in [0.1, 0.15) is 7.85 Å². The molecular weight excluding hydrogens is 211 g/mol. The molecule has 86 valence electrons. The first-order valence-electron chi connectivity index (χ1n) is 6.07. The van der Waals surface area contributed by atoms with Crippen molar-refractivity contribution in [3.8, 4) is 0 Å². The molecule has 4 heteroatoms. The fourth-order valence-electron chi connectivity index (χ4n) is 2.93. The number of hydrogen-bond acceptors (Lipinski definition) is 2.